The lowest BCUT2D eigenvalue weighted by molar-refractivity contribution is -0.137. The molecule has 1 aromatic carbocycles. The van der Waals surface area contributed by atoms with E-state index in [2.05, 4.69) is 15.0 Å². The number of carboxylic acids is 1. The molecule has 0 radical (unpaired) electrons. The van der Waals surface area contributed by atoms with Crippen LogP contribution in [0.15, 0.2) is 45.2 Å². The van der Waals surface area contributed by atoms with E-state index in [9.17, 15) is 23.1 Å². The lowest BCUT2D eigenvalue weighted by Gasteiger charge is -2.22. The van der Waals surface area contributed by atoms with Gasteiger partial charge in [-0.3, -0.25) is 4.98 Å². The molecule has 0 aliphatic carbocycles. The highest BCUT2D eigenvalue weighted by Crippen LogP contribution is 2.53. The molecule has 1 atom stereocenters. The predicted octanol–water partition coefficient (Wildman–Crippen LogP) is 6.55. The Kier molecular flexibility index (Phi) is 6.50. The number of rotatable bonds is 4. The Hall–Kier alpha value is -3.18. The van der Waals surface area contributed by atoms with Crippen LogP contribution >= 0.6 is 23.1 Å². The monoisotopic (exact) mass is 518 g/mol. The van der Waals surface area contributed by atoms with Crippen molar-refractivity contribution in [3.63, 3.8) is 0 Å². The Morgan fingerprint density at radius 1 is 1.14 bits per heavy atom. The second-order valence-electron chi connectivity index (χ2n) is 8.15. The molecule has 3 N–H and O–H groups in total. The maximum absolute atomic E-state index is 13.2. The van der Waals surface area contributed by atoms with Gasteiger partial charge in [0.15, 0.2) is 5.71 Å². The topological polar surface area (TPSA) is 101 Å². The van der Waals surface area contributed by atoms with Crippen LogP contribution in [-0.2, 0) is 11.0 Å². The molecule has 3 heterocycles. The number of thiazole rings is 1. The second kappa shape index (κ2) is 9.12. The Bertz CT molecular complexity index is 1390. The van der Waals surface area contributed by atoms with Crippen LogP contribution in [0.25, 0.3) is 16.8 Å². The van der Waals surface area contributed by atoms with Gasteiger partial charge < -0.3 is 10.8 Å². The Labute approximate surface area is 207 Å². The molecule has 0 saturated carbocycles. The molecule has 11 heteroatoms. The third-order valence-corrected chi connectivity index (χ3v) is 7.65. The molecule has 35 heavy (non-hydrogen) atoms. The molecule has 3 aromatic rings. The number of allylic oxidation sites excluding steroid dienone is 1. The number of alkyl halides is 3. The number of nitrogens with two attached hydrogens (primary N) is 1. The van der Waals surface area contributed by atoms with Crippen LogP contribution in [0.5, 0.6) is 0 Å². The number of aliphatic carboxylic acids is 1. The average molecular weight is 519 g/mol. The van der Waals surface area contributed by atoms with Gasteiger partial charge in [-0.25, -0.2) is 14.8 Å². The number of aliphatic imine (C=N–C) groups is 1. The summed E-state index contributed by atoms with van der Waals surface area (Å²) in [5, 5.41) is 9.94. The summed E-state index contributed by atoms with van der Waals surface area (Å²) in [7, 11) is 0. The summed E-state index contributed by atoms with van der Waals surface area (Å²) in [6.45, 7) is 7.02. The number of carboxylic acid groups (broad SMARTS) is 1. The summed E-state index contributed by atoms with van der Waals surface area (Å²) in [5.41, 5.74) is 9.22. The molecule has 2 aromatic heterocycles. The molecule has 0 fully saturated rings. The quantitative estimate of drug-likeness (QED) is 0.380. The molecular formula is C24H21F3N4O2S2. The highest BCUT2D eigenvalue weighted by Gasteiger charge is 2.34. The van der Waals surface area contributed by atoms with E-state index in [-0.39, 0.29) is 27.4 Å². The number of pyridine rings is 1. The van der Waals surface area contributed by atoms with Crippen LogP contribution < -0.4 is 5.73 Å². The number of carbonyl (C=O) groups is 1. The molecular weight excluding hydrogens is 497 g/mol. The van der Waals surface area contributed by atoms with Crippen molar-refractivity contribution in [2.24, 2.45) is 10.7 Å². The van der Waals surface area contributed by atoms with Crippen molar-refractivity contribution in [2.45, 2.75) is 43.3 Å². The highest BCUT2D eigenvalue weighted by molar-refractivity contribution is 8.01. The number of nitrogens with zero attached hydrogens (tertiary/aromatic N) is 3. The molecule has 6 nitrogen and oxygen atoms in total. The minimum absolute atomic E-state index is 0.182. The van der Waals surface area contributed by atoms with Gasteiger partial charge in [0, 0.05) is 33.5 Å². The first kappa shape index (κ1) is 24.9. The van der Waals surface area contributed by atoms with E-state index < -0.39 is 17.7 Å². The van der Waals surface area contributed by atoms with E-state index in [1.165, 1.54) is 29.2 Å². The van der Waals surface area contributed by atoms with E-state index in [1.807, 2.05) is 6.92 Å². The number of thioether (sulfide) groups is 1. The zero-order chi connectivity index (χ0) is 25.7. The molecule has 1 unspecified atom stereocenters. The fourth-order valence-electron chi connectivity index (χ4n) is 3.94. The number of aryl methyl sites for hydroxylation is 2. The Morgan fingerprint density at radius 2 is 1.80 bits per heavy atom. The maximum atomic E-state index is 13.2. The number of hydrogen-bond donors (Lipinski definition) is 2. The second-order valence-corrected chi connectivity index (χ2v) is 10.7. The molecule has 4 rings (SSSR count). The van der Waals surface area contributed by atoms with Crippen molar-refractivity contribution in [3.8, 4) is 11.3 Å². The smallest absolute Gasteiger partial charge is 0.416 e. The first-order chi connectivity index (χ1) is 16.3. The van der Waals surface area contributed by atoms with Gasteiger partial charge in [0.25, 0.3) is 0 Å². The lowest BCUT2D eigenvalue weighted by Crippen LogP contribution is -2.18. The van der Waals surface area contributed by atoms with Crippen LogP contribution in [0.2, 0.25) is 0 Å². The molecule has 0 saturated heterocycles. The minimum Gasteiger partial charge on any atom is -0.476 e. The van der Waals surface area contributed by atoms with E-state index in [4.69, 9.17) is 5.73 Å². The standard InChI is InChI=1S/C24H21F3N4O2S2/c1-10-7-14(8-11(2)29-10)18(12(3)28)20(21(32)33)31-23-30-19-16-6-5-15(24(25,26)27)9-17(16)13(4)34-22(19)35-23/h5-9,13H,28H2,1-4H3,(H,32,33). The van der Waals surface area contributed by atoms with Crippen molar-refractivity contribution >= 4 is 45.5 Å². The van der Waals surface area contributed by atoms with E-state index in [1.54, 1.807) is 32.9 Å². The molecule has 0 spiro atoms. The van der Waals surface area contributed by atoms with Crippen molar-refractivity contribution in [1.82, 2.24) is 9.97 Å². The summed E-state index contributed by atoms with van der Waals surface area (Å²) in [5.74, 6) is -1.28. The molecule has 182 valence electrons. The summed E-state index contributed by atoms with van der Waals surface area (Å²) < 4.78 is 40.4. The highest BCUT2D eigenvalue weighted by atomic mass is 32.2. The maximum Gasteiger partial charge on any atom is 0.416 e. The van der Waals surface area contributed by atoms with E-state index in [0.717, 1.165) is 16.3 Å². The van der Waals surface area contributed by atoms with Gasteiger partial charge in [-0.2, -0.15) is 13.2 Å². The number of hydrogen-bond acceptors (Lipinski definition) is 7. The van der Waals surface area contributed by atoms with Crippen LogP contribution in [0.3, 0.4) is 0 Å². The number of fused-ring (bicyclic) bond motifs is 3. The van der Waals surface area contributed by atoms with Crippen LogP contribution in [-0.4, -0.2) is 26.8 Å². The van der Waals surface area contributed by atoms with Gasteiger partial charge in [-0.15, -0.1) is 11.8 Å². The van der Waals surface area contributed by atoms with Crippen LogP contribution in [0, 0.1) is 13.8 Å². The molecule has 1 aliphatic rings. The molecule has 0 amide bonds. The first-order valence-corrected chi connectivity index (χ1v) is 12.2. The Balaban J connectivity index is 1.83. The van der Waals surface area contributed by atoms with Gasteiger partial charge >= 0.3 is 12.1 Å². The molecule has 0 bridgehead atoms. The zero-order valence-electron chi connectivity index (χ0n) is 19.2. The predicted molar refractivity (Wildman–Crippen MR) is 132 cm³/mol. The molecule has 1 aliphatic heterocycles. The number of benzene rings is 1. The van der Waals surface area contributed by atoms with Crippen molar-refractivity contribution in [1.29, 1.82) is 0 Å². The van der Waals surface area contributed by atoms with E-state index >= 15 is 0 Å². The summed E-state index contributed by atoms with van der Waals surface area (Å²) in [6, 6.07) is 7.05. The van der Waals surface area contributed by atoms with Gasteiger partial charge in [0.2, 0.25) is 5.13 Å². The van der Waals surface area contributed by atoms with E-state index in [0.29, 0.717) is 33.8 Å². The van der Waals surface area contributed by atoms with Crippen molar-refractivity contribution in [3.05, 3.63) is 64.1 Å². The average Bonchev–Trinajstić information content (AvgIpc) is 3.14. The third-order valence-electron chi connectivity index (χ3n) is 5.35. The van der Waals surface area contributed by atoms with Crippen molar-refractivity contribution < 1.29 is 23.1 Å². The Morgan fingerprint density at radius 3 is 2.37 bits per heavy atom. The zero-order valence-corrected chi connectivity index (χ0v) is 20.8. The van der Waals surface area contributed by atoms with Crippen molar-refractivity contribution in [2.75, 3.05) is 0 Å². The normalized spacial score (nSPS) is 16.4. The number of halogens is 3. The summed E-state index contributed by atoms with van der Waals surface area (Å²) >= 11 is 2.56. The van der Waals surface area contributed by atoms with Gasteiger partial charge in [0.1, 0.15) is 0 Å². The fourth-order valence-corrected chi connectivity index (χ4v) is 6.40. The lowest BCUT2D eigenvalue weighted by atomic mass is 9.98. The van der Waals surface area contributed by atoms with Gasteiger partial charge in [-0.1, -0.05) is 17.4 Å². The SMILES string of the molecule is CC(N)=C(C(=Nc1nc2c(s1)SC(C)c1cc(C(F)(F)F)ccc1-2)C(=O)O)c1cc(C)nc(C)c1. The summed E-state index contributed by atoms with van der Waals surface area (Å²) in [6.07, 6.45) is -4.44. The van der Waals surface area contributed by atoms with Gasteiger partial charge in [-0.05, 0) is 63.1 Å². The number of aromatic nitrogens is 2. The first-order valence-electron chi connectivity index (χ1n) is 10.5. The largest absolute Gasteiger partial charge is 0.476 e. The fraction of sp³-hybridized carbons (Fsp3) is 0.250. The van der Waals surface area contributed by atoms with Gasteiger partial charge in [0.05, 0.1) is 15.5 Å². The summed E-state index contributed by atoms with van der Waals surface area (Å²) in [4.78, 5) is 25.4. The van der Waals surface area contributed by atoms with Crippen LogP contribution in [0.1, 0.15) is 47.2 Å². The van der Waals surface area contributed by atoms with Crippen LogP contribution in [0.4, 0.5) is 18.3 Å². The third kappa shape index (κ3) is 4.96. The minimum atomic E-state index is -4.44.